The molecule has 1 aliphatic carbocycles. The van der Waals surface area contributed by atoms with E-state index in [2.05, 4.69) is 11.1 Å². The van der Waals surface area contributed by atoms with Crippen LogP contribution >= 0.6 is 0 Å². The third kappa shape index (κ3) is 7.43. The number of hydrogen-bond donors (Lipinski definition) is 0. The quantitative estimate of drug-likeness (QED) is 0.249. The van der Waals surface area contributed by atoms with Gasteiger partial charge in [-0.25, -0.2) is 18.2 Å². The maximum absolute atomic E-state index is 15.3. The van der Waals surface area contributed by atoms with Crippen molar-refractivity contribution in [2.45, 2.75) is 32.8 Å². The first-order valence-electron chi connectivity index (χ1n) is 14.5. The maximum atomic E-state index is 15.3. The molecule has 1 amide bonds. The number of aromatic nitrogens is 1. The molecule has 1 aromatic heterocycles. The van der Waals surface area contributed by atoms with Gasteiger partial charge in [0.15, 0.2) is 0 Å². The Morgan fingerprint density at radius 3 is 2.49 bits per heavy atom. The number of benzene rings is 2. The normalized spacial score (nSPS) is 18.1. The summed E-state index contributed by atoms with van der Waals surface area (Å²) in [7, 11) is 1.65. The van der Waals surface area contributed by atoms with Crippen LogP contribution in [0.1, 0.15) is 36.5 Å². The number of methoxy groups -OCH3 is 1. The Kier molecular flexibility index (Phi) is 9.77. The number of carbonyl (C=O) groups excluding carboxylic acids is 1. The van der Waals surface area contributed by atoms with Gasteiger partial charge in [0.05, 0.1) is 5.69 Å². The molecule has 1 aliphatic heterocycles. The lowest BCUT2D eigenvalue weighted by atomic mass is 9.82. The Hall–Kier alpha value is -4.17. The molecule has 0 spiro atoms. The van der Waals surface area contributed by atoms with E-state index in [1.54, 1.807) is 36.3 Å². The summed E-state index contributed by atoms with van der Waals surface area (Å²) in [6.07, 6.45) is 11.8. The molecular formula is C35H35F3N2O3. The van der Waals surface area contributed by atoms with Crippen molar-refractivity contribution in [3.63, 3.8) is 0 Å². The third-order valence-electron chi connectivity index (χ3n) is 8.08. The Bertz CT molecular complexity index is 1570. The van der Waals surface area contributed by atoms with Crippen LogP contribution in [0.5, 0.6) is 5.88 Å². The predicted octanol–water partition coefficient (Wildman–Crippen LogP) is 7.32. The van der Waals surface area contributed by atoms with Gasteiger partial charge in [0.25, 0.3) is 0 Å². The Morgan fingerprint density at radius 1 is 0.977 bits per heavy atom. The van der Waals surface area contributed by atoms with Crippen molar-refractivity contribution in [1.29, 1.82) is 0 Å². The zero-order valence-electron chi connectivity index (χ0n) is 24.4. The first kappa shape index (κ1) is 30.3. The highest BCUT2D eigenvalue weighted by Gasteiger charge is 2.22. The Labute approximate surface area is 250 Å². The summed E-state index contributed by atoms with van der Waals surface area (Å²) >= 11 is 0. The molecule has 2 aromatic carbocycles. The molecule has 2 heterocycles. The van der Waals surface area contributed by atoms with Crippen molar-refractivity contribution in [3.8, 4) is 17.1 Å². The summed E-state index contributed by atoms with van der Waals surface area (Å²) in [5, 5.41) is 0. The lowest BCUT2D eigenvalue weighted by molar-refractivity contribution is -0.128. The van der Waals surface area contributed by atoms with Crippen LogP contribution < -0.4 is 4.74 Å². The van der Waals surface area contributed by atoms with E-state index in [-0.39, 0.29) is 41.5 Å². The van der Waals surface area contributed by atoms with Crippen molar-refractivity contribution < 1.29 is 27.4 Å². The highest BCUT2D eigenvalue weighted by molar-refractivity contribution is 5.76. The molecule has 43 heavy (non-hydrogen) atoms. The van der Waals surface area contributed by atoms with E-state index in [0.29, 0.717) is 43.7 Å². The first-order chi connectivity index (χ1) is 20.8. The Balaban J connectivity index is 1.25. The average molecular weight is 589 g/mol. The number of allylic oxidation sites excluding steroid dienone is 4. The lowest BCUT2D eigenvalue weighted by Gasteiger charge is -2.25. The minimum atomic E-state index is -0.574. The minimum absolute atomic E-state index is 0.0221. The second kappa shape index (κ2) is 13.9. The number of carbonyl (C=O) groups is 1. The smallest absolute Gasteiger partial charge is 0.219 e. The molecule has 3 aromatic rings. The average Bonchev–Trinajstić information content (AvgIpc) is 3.01. The van der Waals surface area contributed by atoms with E-state index < -0.39 is 17.5 Å². The van der Waals surface area contributed by atoms with Crippen molar-refractivity contribution in [3.05, 3.63) is 113 Å². The summed E-state index contributed by atoms with van der Waals surface area (Å²) < 4.78 is 56.4. The second-order valence-electron chi connectivity index (χ2n) is 10.9. The molecule has 2 atom stereocenters. The molecule has 0 saturated heterocycles. The van der Waals surface area contributed by atoms with Crippen LogP contribution in [-0.4, -0.2) is 42.6 Å². The first-order valence-corrected chi connectivity index (χ1v) is 14.5. The predicted molar refractivity (Wildman–Crippen MR) is 161 cm³/mol. The van der Waals surface area contributed by atoms with E-state index in [0.717, 1.165) is 17.6 Å². The van der Waals surface area contributed by atoms with Gasteiger partial charge in [-0.05, 0) is 72.1 Å². The van der Waals surface area contributed by atoms with Crippen LogP contribution in [0, 0.1) is 29.3 Å². The fraction of sp³-hybridized carbons (Fsp3) is 0.314. The van der Waals surface area contributed by atoms with Crippen molar-refractivity contribution >= 4 is 11.5 Å². The van der Waals surface area contributed by atoms with Crippen LogP contribution in [0.4, 0.5) is 13.2 Å². The molecule has 0 radical (unpaired) electrons. The van der Waals surface area contributed by atoms with E-state index in [1.165, 1.54) is 25.1 Å². The fourth-order valence-corrected chi connectivity index (χ4v) is 5.56. The summed E-state index contributed by atoms with van der Waals surface area (Å²) in [5.74, 6) is -1.07. The van der Waals surface area contributed by atoms with Gasteiger partial charge in [-0.1, -0.05) is 48.6 Å². The molecule has 5 rings (SSSR count). The number of ether oxygens (including phenoxy) is 2. The highest BCUT2D eigenvalue weighted by atomic mass is 19.1. The number of amides is 1. The molecule has 2 unspecified atom stereocenters. The topological polar surface area (TPSA) is 51.7 Å². The lowest BCUT2D eigenvalue weighted by Crippen LogP contribution is -2.32. The number of pyridine rings is 1. The van der Waals surface area contributed by atoms with Crippen molar-refractivity contribution in [2.75, 3.05) is 26.8 Å². The molecule has 5 nitrogen and oxygen atoms in total. The van der Waals surface area contributed by atoms with E-state index in [1.807, 2.05) is 30.4 Å². The van der Waals surface area contributed by atoms with Crippen molar-refractivity contribution in [1.82, 2.24) is 9.88 Å². The van der Waals surface area contributed by atoms with E-state index in [4.69, 9.17) is 9.47 Å². The molecule has 0 bridgehead atoms. The van der Waals surface area contributed by atoms with Crippen LogP contribution in [0.15, 0.2) is 78.9 Å². The second-order valence-corrected chi connectivity index (χ2v) is 10.9. The van der Waals surface area contributed by atoms with E-state index >= 15 is 8.78 Å². The standard InChI is InChI=1S/C35H35F3N2O3/c1-23(41)40-15-12-25(13-16-40)27-10-11-28(31(36)19-27)22-43-35-9-5-8-34(39-35)30-21-32(37)29(20-33(30)38)18-26-7-4-3-6-24(26)14-17-42-2/h3-12,19-21,24,26H,13-18,22H2,1-2H3. The Morgan fingerprint density at radius 2 is 1.77 bits per heavy atom. The number of nitrogens with zero attached hydrogens (tertiary/aromatic N) is 2. The van der Waals surface area contributed by atoms with Crippen molar-refractivity contribution in [2.24, 2.45) is 11.8 Å². The molecule has 0 N–H and O–H groups in total. The van der Waals surface area contributed by atoms with Gasteiger partial charge in [0.1, 0.15) is 24.1 Å². The summed E-state index contributed by atoms with van der Waals surface area (Å²) in [6, 6.07) is 12.2. The van der Waals surface area contributed by atoms with E-state index in [9.17, 15) is 9.18 Å². The molecule has 0 fully saturated rings. The number of rotatable bonds is 10. The summed E-state index contributed by atoms with van der Waals surface area (Å²) in [5.41, 5.74) is 2.67. The van der Waals surface area contributed by atoms with Gasteiger partial charge in [-0.2, -0.15) is 0 Å². The molecule has 224 valence electrons. The molecule has 0 saturated carbocycles. The zero-order valence-corrected chi connectivity index (χ0v) is 24.4. The fourth-order valence-electron chi connectivity index (χ4n) is 5.56. The largest absolute Gasteiger partial charge is 0.473 e. The molecular weight excluding hydrogens is 553 g/mol. The van der Waals surface area contributed by atoms with Gasteiger partial charge in [0.2, 0.25) is 11.8 Å². The number of hydrogen-bond acceptors (Lipinski definition) is 4. The number of halogens is 3. The van der Waals surface area contributed by atoms with Crippen LogP contribution in [-0.2, 0) is 22.6 Å². The summed E-state index contributed by atoms with van der Waals surface area (Å²) in [4.78, 5) is 17.7. The van der Waals surface area contributed by atoms with Crippen LogP contribution in [0.2, 0.25) is 0 Å². The molecule has 8 heteroatoms. The third-order valence-corrected chi connectivity index (χ3v) is 8.08. The van der Waals surface area contributed by atoms with Gasteiger partial charge in [0, 0.05) is 50.9 Å². The van der Waals surface area contributed by atoms with Crippen LogP contribution in [0.3, 0.4) is 0 Å². The summed E-state index contributed by atoms with van der Waals surface area (Å²) in [6.45, 7) is 3.17. The van der Waals surface area contributed by atoms with Gasteiger partial charge >= 0.3 is 0 Å². The SMILES string of the molecule is COCCC1C=CC=CC1Cc1cc(F)c(-c2cccc(OCc3ccc(C4=CCN(C(C)=O)CC4)cc3F)n2)cc1F. The highest BCUT2D eigenvalue weighted by Crippen LogP contribution is 2.31. The zero-order chi connectivity index (χ0) is 30.3. The molecule has 2 aliphatic rings. The van der Waals surface area contributed by atoms with Gasteiger partial charge < -0.3 is 14.4 Å². The van der Waals surface area contributed by atoms with Gasteiger partial charge in [-0.15, -0.1) is 0 Å². The monoisotopic (exact) mass is 588 g/mol. The minimum Gasteiger partial charge on any atom is -0.473 e. The van der Waals surface area contributed by atoms with Gasteiger partial charge in [-0.3, -0.25) is 4.79 Å². The van der Waals surface area contributed by atoms with Crippen LogP contribution in [0.25, 0.3) is 16.8 Å². The maximum Gasteiger partial charge on any atom is 0.219 e.